The zero-order valence-electron chi connectivity index (χ0n) is 15.9. The van der Waals surface area contributed by atoms with Gasteiger partial charge in [-0.05, 0) is 49.7 Å². The number of ether oxygens (including phenoxy) is 1. The summed E-state index contributed by atoms with van der Waals surface area (Å²) >= 11 is 0. The molecule has 0 aliphatic carbocycles. The molecule has 1 N–H and O–H groups in total. The fourth-order valence-electron chi connectivity index (χ4n) is 2.66. The number of esters is 1. The highest BCUT2D eigenvalue weighted by molar-refractivity contribution is 7.90. The van der Waals surface area contributed by atoms with E-state index < -0.39 is 15.8 Å². The number of carbonyl (C=O) groups is 1. The van der Waals surface area contributed by atoms with Crippen LogP contribution < -0.4 is 5.32 Å². The molecule has 0 spiro atoms. The van der Waals surface area contributed by atoms with Gasteiger partial charge in [-0.3, -0.25) is 0 Å². The highest BCUT2D eigenvalue weighted by atomic mass is 32.2. The van der Waals surface area contributed by atoms with Crippen molar-refractivity contribution in [3.8, 4) is 0 Å². The second kappa shape index (κ2) is 7.93. The topological polar surface area (TPSA) is 98.2 Å². The molecule has 0 bridgehead atoms. The average molecular weight is 399 g/mol. The molecule has 8 heteroatoms. The molecule has 28 heavy (non-hydrogen) atoms. The summed E-state index contributed by atoms with van der Waals surface area (Å²) in [5.74, 6) is -0.480. The largest absolute Gasteiger partial charge is 0.462 e. The van der Waals surface area contributed by atoms with E-state index in [1.807, 2.05) is 26.0 Å². The fraction of sp³-hybridized carbons (Fsp3) is 0.250. The van der Waals surface area contributed by atoms with Gasteiger partial charge in [0.1, 0.15) is 5.56 Å². The number of fused-ring (bicyclic) bond motifs is 1. The monoisotopic (exact) mass is 399 g/mol. The molecule has 2 heterocycles. The van der Waals surface area contributed by atoms with Crippen LogP contribution in [0, 0.1) is 6.92 Å². The number of hydrogen-bond acceptors (Lipinski definition) is 7. The normalized spacial score (nSPS) is 11.4. The lowest BCUT2D eigenvalue weighted by molar-refractivity contribution is 0.0506. The maximum Gasteiger partial charge on any atom is 0.341 e. The molecule has 0 aliphatic heterocycles. The Hall–Kier alpha value is -3.00. The molecule has 0 unspecified atom stereocenters. The number of pyridine rings is 2. The number of nitrogens with one attached hydrogen (secondary N) is 1. The average Bonchev–Trinajstić information content (AvgIpc) is 2.65. The highest BCUT2D eigenvalue weighted by Gasteiger charge is 2.18. The molecule has 3 rings (SSSR count). The van der Waals surface area contributed by atoms with E-state index in [1.54, 1.807) is 12.1 Å². The van der Waals surface area contributed by atoms with Crippen LogP contribution in [0.2, 0.25) is 0 Å². The molecule has 0 amide bonds. The van der Waals surface area contributed by atoms with Gasteiger partial charge < -0.3 is 10.1 Å². The number of anilines is 2. The molecule has 0 saturated heterocycles. The Morgan fingerprint density at radius 3 is 2.50 bits per heavy atom. The Labute approximate surface area is 163 Å². The number of sulfone groups is 1. The maximum absolute atomic E-state index is 12.5. The number of aromatic nitrogens is 2. The van der Waals surface area contributed by atoms with E-state index in [4.69, 9.17) is 4.74 Å². The second-order valence-corrected chi connectivity index (χ2v) is 8.44. The predicted molar refractivity (Wildman–Crippen MR) is 108 cm³/mol. The summed E-state index contributed by atoms with van der Waals surface area (Å²) in [5, 5.41) is 3.87. The van der Waals surface area contributed by atoms with Crippen LogP contribution in [0.1, 0.15) is 29.4 Å². The van der Waals surface area contributed by atoms with Gasteiger partial charge in [-0.25, -0.2) is 23.2 Å². The molecule has 0 saturated carbocycles. The van der Waals surface area contributed by atoms with Crippen LogP contribution in [0.3, 0.4) is 0 Å². The van der Waals surface area contributed by atoms with Gasteiger partial charge in [0.2, 0.25) is 0 Å². The summed E-state index contributed by atoms with van der Waals surface area (Å²) in [6.07, 6.45) is 3.31. The van der Waals surface area contributed by atoms with Crippen molar-refractivity contribution >= 4 is 38.2 Å². The Morgan fingerprint density at radius 2 is 1.86 bits per heavy atom. The number of aryl methyl sites for hydroxylation is 1. The van der Waals surface area contributed by atoms with E-state index >= 15 is 0 Å². The van der Waals surface area contributed by atoms with Gasteiger partial charge in [0, 0.05) is 29.2 Å². The molecule has 0 fully saturated rings. The fourth-order valence-corrected chi connectivity index (χ4v) is 3.29. The van der Waals surface area contributed by atoms with E-state index in [1.165, 1.54) is 18.3 Å². The first-order chi connectivity index (χ1) is 13.3. The van der Waals surface area contributed by atoms with Crippen LogP contribution in [0.15, 0.2) is 47.5 Å². The summed E-state index contributed by atoms with van der Waals surface area (Å²) in [6.45, 7) is 4.09. The third-order valence-electron chi connectivity index (χ3n) is 4.08. The van der Waals surface area contributed by atoms with Crippen molar-refractivity contribution in [3.05, 3.63) is 53.9 Å². The van der Waals surface area contributed by atoms with Crippen molar-refractivity contribution < 1.29 is 17.9 Å². The molecule has 1 aromatic carbocycles. The number of rotatable bonds is 6. The van der Waals surface area contributed by atoms with Crippen LogP contribution in [0.25, 0.3) is 11.0 Å². The maximum atomic E-state index is 12.5. The Kier molecular flexibility index (Phi) is 5.60. The van der Waals surface area contributed by atoms with E-state index in [9.17, 15) is 13.2 Å². The summed E-state index contributed by atoms with van der Waals surface area (Å²) in [5.41, 5.74) is 2.75. The minimum Gasteiger partial charge on any atom is -0.462 e. The van der Waals surface area contributed by atoms with Crippen LogP contribution in [-0.4, -0.2) is 37.2 Å². The molecule has 0 radical (unpaired) electrons. The van der Waals surface area contributed by atoms with E-state index in [0.717, 1.165) is 11.9 Å². The van der Waals surface area contributed by atoms with E-state index in [2.05, 4.69) is 15.3 Å². The van der Waals surface area contributed by atoms with Crippen LogP contribution in [0.5, 0.6) is 0 Å². The SMILES string of the molecule is CCCOC(=O)c1cnc2nc(C)ccc2c1Nc1ccc(S(C)(=O)=O)cc1. The summed E-state index contributed by atoms with van der Waals surface area (Å²) in [7, 11) is -3.29. The quantitative estimate of drug-likeness (QED) is 0.632. The van der Waals surface area contributed by atoms with Crippen LogP contribution >= 0.6 is 0 Å². The first-order valence-electron chi connectivity index (χ1n) is 8.80. The predicted octanol–water partition coefficient (Wildman–Crippen LogP) is 3.65. The molecule has 0 atom stereocenters. The Bertz CT molecular complexity index is 1130. The second-order valence-electron chi connectivity index (χ2n) is 6.43. The first-order valence-corrected chi connectivity index (χ1v) is 10.7. The lowest BCUT2D eigenvalue weighted by Crippen LogP contribution is -2.10. The van der Waals surface area contributed by atoms with Crippen LogP contribution in [-0.2, 0) is 14.6 Å². The van der Waals surface area contributed by atoms with Crippen molar-refractivity contribution in [2.24, 2.45) is 0 Å². The lowest BCUT2D eigenvalue weighted by Gasteiger charge is -2.14. The van der Waals surface area contributed by atoms with Crippen molar-refractivity contribution in [1.29, 1.82) is 0 Å². The standard InChI is InChI=1S/C20H21N3O4S/c1-4-11-27-20(24)17-12-21-19-16(10-5-13(2)22-19)18(17)23-14-6-8-15(9-7-14)28(3,25)26/h5-10,12H,4,11H2,1-3H3,(H,21,22,23). The van der Waals surface area contributed by atoms with Gasteiger partial charge in [-0.1, -0.05) is 6.92 Å². The highest BCUT2D eigenvalue weighted by Crippen LogP contribution is 2.29. The smallest absolute Gasteiger partial charge is 0.341 e. The lowest BCUT2D eigenvalue weighted by atomic mass is 10.1. The third kappa shape index (κ3) is 4.28. The zero-order chi connectivity index (χ0) is 20.3. The number of nitrogens with zero attached hydrogens (tertiary/aromatic N) is 2. The van der Waals surface area contributed by atoms with Gasteiger partial charge >= 0.3 is 5.97 Å². The molecule has 0 aliphatic rings. The van der Waals surface area contributed by atoms with Crippen molar-refractivity contribution in [1.82, 2.24) is 9.97 Å². The number of carbonyl (C=O) groups excluding carboxylic acids is 1. The van der Waals surface area contributed by atoms with Crippen LogP contribution in [0.4, 0.5) is 11.4 Å². The first kappa shape index (κ1) is 19.8. The van der Waals surface area contributed by atoms with Gasteiger partial charge in [0.25, 0.3) is 0 Å². The molecule has 7 nitrogen and oxygen atoms in total. The number of benzene rings is 1. The molecule has 2 aromatic heterocycles. The van der Waals surface area contributed by atoms with Gasteiger partial charge in [0.05, 0.1) is 17.2 Å². The molecule has 3 aromatic rings. The number of hydrogen-bond donors (Lipinski definition) is 1. The summed E-state index contributed by atoms with van der Waals surface area (Å²) < 4.78 is 28.6. The van der Waals surface area contributed by atoms with Gasteiger partial charge in [-0.15, -0.1) is 0 Å². The Balaban J connectivity index is 2.07. The zero-order valence-corrected chi connectivity index (χ0v) is 16.7. The van der Waals surface area contributed by atoms with E-state index in [-0.39, 0.29) is 4.90 Å². The summed E-state index contributed by atoms with van der Waals surface area (Å²) in [6, 6.07) is 9.99. The third-order valence-corrected chi connectivity index (χ3v) is 5.21. The molecular weight excluding hydrogens is 378 g/mol. The minimum atomic E-state index is -3.29. The van der Waals surface area contributed by atoms with Crippen molar-refractivity contribution in [2.45, 2.75) is 25.2 Å². The Morgan fingerprint density at radius 1 is 1.14 bits per heavy atom. The molecular formula is C20H21N3O4S. The minimum absolute atomic E-state index is 0.220. The van der Waals surface area contributed by atoms with Crippen molar-refractivity contribution in [3.63, 3.8) is 0 Å². The summed E-state index contributed by atoms with van der Waals surface area (Å²) in [4.78, 5) is 21.4. The molecule has 146 valence electrons. The van der Waals surface area contributed by atoms with Gasteiger partial charge in [0.15, 0.2) is 15.5 Å². The van der Waals surface area contributed by atoms with Crippen molar-refractivity contribution in [2.75, 3.05) is 18.2 Å². The van der Waals surface area contributed by atoms with Gasteiger partial charge in [-0.2, -0.15) is 0 Å². The van der Waals surface area contributed by atoms with E-state index in [0.29, 0.717) is 41.0 Å².